The number of rotatable bonds is 5. The highest BCUT2D eigenvalue weighted by Gasteiger charge is 2.25. The predicted molar refractivity (Wildman–Crippen MR) is 74.6 cm³/mol. The van der Waals surface area contributed by atoms with E-state index in [4.69, 9.17) is 10.9 Å². The topological polar surface area (TPSA) is 99.9 Å². The molecule has 1 aromatic heterocycles. The van der Waals surface area contributed by atoms with E-state index in [1.807, 2.05) is 11.8 Å². The first-order valence-electron chi connectivity index (χ1n) is 6.20. The SMILES string of the molecule is CCN(CC(C)(C)O)c1c(C(N)=NO)c(C)nn1C. The fourth-order valence-corrected chi connectivity index (χ4v) is 2.16. The number of nitrogens with zero attached hydrogens (tertiary/aromatic N) is 4. The van der Waals surface area contributed by atoms with E-state index in [0.29, 0.717) is 24.3 Å². The zero-order valence-corrected chi connectivity index (χ0v) is 12.2. The Kier molecular flexibility index (Phi) is 4.41. The van der Waals surface area contributed by atoms with Gasteiger partial charge < -0.3 is 20.9 Å². The molecule has 19 heavy (non-hydrogen) atoms. The molecule has 0 unspecified atom stereocenters. The minimum Gasteiger partial charge on any atom is -0.409 e. The minimum absolute atomic E-state index is 0.0230. The number of likely N-dealkylation sites (N-methyl/N-ethyl adjacent to an activating group) is 1. The Bertz CT molecular complexity index is 473. The van der Waals surface area contributed by atoms with Gasteiger partial charge in [-0.3, -0.25) is 4.68 Å². The molecule has 7 heteroatoms. The Morgan fingerprint density at radius 1 is 1.53 bits per heavy atom. The molecule has 1 heterocycles. The fourth-order valence-electron chi connectivity index (χ4n) is 2.16. The summed E-state index contributed by atoms with van der Waals surface area (Å²) in [5.74, 6) is 0.757. The highest BCUT2D eigenvalue weighted by atomic mass is 16.4. The van der Waals surface area contributed by atoms with Crippen LogP contribution in [0.25, 0.3) is 0 Å². The van der Waals surface area contributed by atoms with Crippen LogP contribution in [0.4, 0.5) is 5.82 Å². The zero-order chi connectivity index (χ0) is 14.8. The number of aromatic nitrogens is 2. The van der Waals surface area contributed by atoms with Gasteiger partial charge in [0.25, 0.3) is 0 Å². The quantitative estimate of drug-likeness (QED) is 0.311. The van der Waals surface area contributed by atoms with Gasteiger partial charge in [-0.2, -0.15) is 5.10 Å². The van der Waals surface area contributed by atoms with Gasteiger partial charge in [0.1, 0.15) is 5.82 Å². The number of oxime groups is 1. The molecular formula is C12H23N5O2. The highest BCUT2D eigenvalue weighted by Crippen LogP contribution is 2.24. The summed E-state index contributed by atoms with van der Waals surface area (Å²) >= 11 is 0. The van der Waals surface area contributed by atoms with Gasteiger partial charge in [-0.05, 0) is 27.7 Å². The third kappa shape index (κ3) is 3.37. The largest absolute Gasteiger partial charge is 0.409 e. The van der Waals surface area contributed by atoms with Crippen molar-refractivity contribution in [2.24, 2.45) is 17.9 Å². The van der Waals surface area contributed by atoms with Crippen LogP contribution in [0, 0.1) is 6.92 Å². The van der Waals surface area contributed by atoms with Crippen molar-refractivity contribution < 1.29 is 10.3 Å². The fraction of sp³-hybridized carbons (Fsp3) is 0.667. The van der Waals surface area contributed by atoms with Gasteiger partial charge in [0.2, 0.25) is 0 Å². The first-order valence-corrected chi connectivity index (χ1v) is 6.20. The lowest BCUT2D eigenvalue weighted by molar-refractivity contribution is 0.0872. The van der Waals surface area contributed by atoms with Crippen LogP contribution >= 0.6 is 0 Å². The molecule has 0 bridgehead atoms. The van der Waals surface area contributed by atoms with Crippen molar-refractivity contribution in [1.29, 1.82) is 0 Å². The molecule has 0 radical (unpaired) electrons. The number of aliphatic hydroxyl groups is 1. The second-order valence-electron chi connectivity index (χ2n) is 5.22. The van der Waals surface area contributed by atoms with E-state index in [0.717, 1.165) is 5.82 Å². The van der Waals surface area contributed by atoms with Crippen molar-refractivity contribution in [2.75, 3.05) is 18.0 Å². The first kappa shape index (κ1) is 15.3. The summed E-state index contributed by atoms with van der Waals surface area (Å²) in [5.41, 5.74) is 6.15. The number of aryl methyl sites for hydroxylation is 2. The Morgan fingerprint density at radius 3 is 2.53 bits per heavy atom. The molecule has 0 saturated heterocycles. The maximum Gasteiger partial charge on any atom is 0.175 e. The number of hydrogen-bond acceptors (Lipinski definition) is 5. The van der Waals surface area contributed by atoms with Crippen LogP contribution in [-0.4, -0.2) is 44.6 Å². The van der Waals surface area contributed by atoms with Crippen LogP contribution < -0.4 is 10.6 Å². The van der Waals surface area contributed by atoms with E-state index in [1.54, 1.807) is 32.5 Å². The van der Waals surface area contributed by atoms with Gasteiger partial charge in [-0.15, -0.1) is 0 Å². The molecule has 0 aromatic carbocycles. The zero-order valence-electron chi connectivity index (χ0n) is 12.2. The summed E-state index contributed by atoms with van der Waals surface area (Å²) < 4.78 is 1.68. The molecule has 7 nitrogen and oxygen atoms in total. The van der Waals surface area contributed by atoms with Crippen molar-refractivity contribution in [1.82, 2.24) is 9.78 Å². The van der Waals surface area contributed by atoms with Crippen LogP contribution in [0.1, 0.15) is 32.0 Å². The number of anilines is 1. The molecule has 0 saturated carbocycles. The van der Waals surface area contributed by atoms with Gasteiger partial charge in [-0.25, -0.2) is 0 Å². The molecule has 0 aliphatic heterocycles. The van der Waals surface area contributed by atoms with Crippen molar-refractivity contribution in [3.05, 3.63) is 11.3 Å². The van der Waals surface area contributed by atoms with Gasteiger partial charge in [0.15, 0.2) is 5.84 Å². The van der Waals surface area contributed by atoms with E-state index >= 15 is 0 Å². The Labute approximate surface area is 113 Å². The Balaban J connectivity index is 3.31. The highest BCUT2D eigenvalue weighted by molar-refractivity contribution is 6.02. The van der Waals surface area contributed by atoms with E-state index in [-0.39, 0.29) is 5.84 Å². The number of amidine groups is 1. The molecule has 0 aliphatic carbocycles. The third-order valence-corrected chi connectivity index (χ3v) is 2.81. The van der Waals surface area contributed by atoms with Gasteiger partial charge >= 0.3 is 0 Å². The van der Waals surface area contributed by atoms with Crippen LogP contribution in [0.15, 0.2) is 5.16 Å². The second kappa shape index (κ2) is 5.48. The molecule has 0 amide bonds. The van der Waals surface area contributed by atoms with Crippen LogP contribution in [0.5, 0.6) is 0 Å². The third-order valence-electron chi connectivity index (χ3n) is 2.81. The summed E-state index contributed by atoms with van der Waals surface area (Å²) in [6, 6.07) is 0. The molecule has 0 atom stereocenters. The summed E-state index contributed by atoms with van der Waals surface area (Å²) in [4.78, 5) is 1.95. The smallest absolute Gasteiger partial charge is 0.175 e. The molecule has 0 fully saturated rings. The second-order valence-corrected chi connectivity index (χ2v) is 5.22. The molecule has 1 aromatic rings. The van der Waals surface area contributed by atoms with Crippen molar-refractivity contribution in [3.63, 3.8) is 0 Å². The molecule has 0 aliphatic rings. The lowest BCUT2D eigenvalue weighted by Gasteiger charge is -2.30. The lowest BCUT2D eigenvalue weighted by atomic mass is 10.1. The molecule has 1 rings (SSSR count). The summed E-state index contributed by atoms with van der Waals surface area (Å²) in [5, 5.41) is 26.2. The molecule has 4 N–H and O–H groups in total. The summed E-state index contributed by atoms with van der Waals surface area (Å²) in [7, 11) is 1.80. The summed E-state index contributed by atoms with van der Waals surface area (Å²) in [6.07, 6.45) is 0. The van der Waals surface area contributed by atoms with Crippen LogP contribution in [-0.2, 0) is 7.05 Å². The average molecular weight is 269 g/mol. The monoisotopic (exact) mass is 269 g/mol. The average Bonchev–Trinajstić information content (AvgIpc) is 2.59. The Hall–Kier alpha value is -1.76. The first-order chi connectivity index (χ1) is 8.71. The van der Waals surface area contributed by atoms with Crippen LogP contribution in [0.3, 0.4) is 0 Å². The van der Waals surface area contributed by atoms with E-state index in [1.165, 1.54) is 0 Å². The van der Waals surface area contributed by atoms with Crippen molar-refractivity contribution >= 4 is 11.7 Å². The van der Waals surface area contributed by atoms with Crippen LogP contribution in [0.2, 0.25) is 0 Å². The number of nitrogens with two attached hydrogens (primary N) is 1. The van der Waals surface area contributed by atoms with E-state index in [2.05, 4.69) is 10.3 Å². The predicted octanol–water partition coefficient (Wildman–Crippen LogP) is 0.420. The molecular weight excluding hydrogens is 246 g/mol. The molecule has 108 valence electrons. The van der Waals surface area contributed by atoms with E-state index < -0.39 is 5.60 Å². The minimum atomic E-state index is -0.851. The van der Waals surface area contributed by atoms with Gasteiger partial charge in [-0.1, -0.05) is 5.16 Å². The van der Waals surface area contributed by atoms with Gasteiger partial charge in [0, 0.05) is 20.1 Å². The van der Waals surface area contributed by atoms with Crippen molar-refractivity contribution in [2.45, 2.75) is 33.3 Å². The molecule has 0 spiro atoms. The summed E-state index contributed by atoms with van der Waals surface area (Å²) in [6.45, 7) is 8.35. The number of hydrogen-bond donors (Lipinski definition) is 3. The maximum atomic E-state index is 9.98. The standard InChI is InChI=1S/C12H23N5O2/c1-6-17(7-12(3,4)18)11-9(10(13)15-19)8(2)14-16(11)5/h18-19H,6-7H2,1-5H3,(H2,13,15). The Morgan fingerprint density at radius 2 is 2.11 bits per heavy atom. The normalized spacial score (nSPS) is 12.8. The van der Waals surface area contributed by atoms with E-state index in [9.17, 15) is 5.11 Å². The van der Waals surface area contributed by atoms with Gasteiger partial charge in [0.05, 0.1) is 16.9 Å². The van der Waals surface area contributed by atoms with Crippen molar-refractivity contribution in [3.8, 4) is 0 Å². The maximum absolute atomic E-state index is 9.98. The lowest BCUT2D eigenvalue weighted by Crippen LogP contribution is -2.40.